The number of furan rings is 2. The van der Waals surface area contributed by atoms with Gasteiger partial charge in [0.1, 0.15) is 5.76 Å². The summed E-state index contributed by atoms with van der Waals surface area (Å²) in [7, 11) is 0. The summed E-state index contributed by atoms with van der Waals surface area (Å²) >= 11 is 0. The Hall–Kier alpha value is -4.79. The van der Waals surface area contributed by atoms with Crippen LogP contribution in [-0.4, -0.2) is 24.3 Å². The van der Waals surface area contributed by atoms with Crippen molar-refractivity contribution in [2.45, 2.75) is 6.54 Å². The second kappa shape index (κ2) is 10.7. The predicted octanol–water partition coefficient (Wildman–Crippen LogP) is 4.11. The normalized spacial score (nSPS) is 10.4. The molecule has 2 aromatic carbocycles. The number of rotatable bonds is 9. The summed E-state index contributed by atoms with van der Waals surface area (Å²) in [6, 6.07) is 20.3. The molecule has 0 radical (unpaired) electrons. The molecular weight excluding hydrogens is 436 g/mol. The van der Waals surface area contributed by atoms with Crippen LogP contribution in [0.5, 0.6) is 0 Å². The molecule has 0 saturated carbocycles. The third-order valence-corrected chi connectivity index (χ3v) is 4.75. The van der Waals surface area contributed by atoms with Gasteiger partial charge in [-0.15, -0.1) is 0 Å². The molecule has 0 aliphatic rings. The summed E-state index contributed by atoms with van der Waals surface area (Å²) in [6.45, 7) is 0.310. The van der Waals surface area contributed by atoms with Gasteiger partial charge in [-0.1, -0.05) is 6.07 Å². The van der Waals surface area contributed by atoms with Crippen molar-refractivity contribution in [1.29, 1.82) is 0 Å². The minimum absolute atomic E-state index is 0.0148. The first kappa shape index (κ1) is 22.4. The van der Waals surface area contributed by atoms with Crippen molar-refractivity contribution in [3.63, 3.8) is 0 Å². The van der Waals surface area contributed by atoms with E-state index in [4.69, 9.17) is 8.83 Å². The highest BCUT2D eigenvalue weighted by molar-refractivity contribution is 6.02. The van der Waals surface area contributed by atoms with E-state index in [1.54, 1.807) is 79.1 Å². The van der Waals surface area contributed by atoms with Crippen molar-refractivity contribution >= 4 is 34.8 Å². The van der Waals surface area contributed by atoms with Crippen LogP contribution in [0.4, 0.5) is 17.1 Å². The number of amides is 3. The van der Waals surface area contributed by atoms with Gasteiger partial charge in [0.2, 0.25) is 5.91 Å². The zero-order chi connectivity index (χ0) is 23.8. The van der Waals surface area contributed by atoms with Crippen molar-refractivity contribution in [3.8, 4) is 0 Å². The van der Waals surface area contributed by atoms with Gasteiger partial charge in [-0.3, -0.25) is 14.4 Å². The SMILES string of the molecule is O=C(CNc1cccc(NC(=O)c2ccco2)c1)Nc1ccc(C(=O)NCc2ccco2)cc1. The molecule has 0 saturated heterocycles. The Kier molecular flexibility index (Phi) is 7.04. The van der Waals surface area contributed by atoms with E-state index in [0.29, 0.717) is 34.9 Å². The van der Waals surface area contributed by atoms with Gasteiger partial charge in [-0.2, -0.15) is 0 Å². The summed E-state index contributed by atoms with van der Waals surface area (Å²) in [4.78, 5) is 36.6. The van der Waals surface area contributed by atoms with Crippen molar-refractivity contribution in [2.24, 2.45) is 0 Å². The molecule has 2 aromatic heterocycles. The molecule has 34 heavy (non-hydrogen) atoms. The molecular formula is C25H22N4O5. The number of benzene rings is 2. The first-order valence-electron chi connectivity index (χ1n) is 10.5. The molecule has 4 rings (SSSR count). The van der Waals surface area contributed by atoms with E-state index in [2.05, 4.69) is 21.3 Å². The second-order valence-corrected chi connectivity index (χ2v) is 7.25. The van der Waals surface area contributed by atoms with E-state index in [0.717, 1.165) is 0 Å². The molecule has 3 amide bonds. The van der Waals surface area contributed by atoms with E-state index in [-0.39, 0.29) is 30.0 Å². The van der Waals surface area contributed by atoms with Crippen molar-refractivity contribution in [1.82, 2.24) is 5.32 Å². The van der Waals surface area contributed by atoms with E-state index >= 15 is 0 Å². The maximum Gasteiger partial charge on any atom is 0.291 e. The maximum atomic E-state index is 12.3. The molecule has 172 valence electrons. The Labute approximate surface area is 195 Å². The van der Waals surface area contributed by atoms with Gasteiger partial charge < -0.3 is 30.1 Å². The van der Waals surface area contributed by atoms with Gasteiger partial charge in [0.15, 0.2) is 5.76 Å². The summed E-state index contributed by atoms with van der Waals surface area (Å²) < 4.78 is 10.3. The molecule has 2 heterocycles. The average molecular weight is 458 g/mol. The predicted molar refractivity (Wildman–Crippen MR) is 127 cm³/mol. The molecule has 9 nitrogen and oxygen atoms in total. The first-order valence-corrected chi connectivity index (χ1v) is 10.5. The molecule has 9 heteroatoms. The highest BCUT2D eigenvalue weighted by atomic mass is 16.3. The number of hydrogen-bond acceptors (Lipinski definition) is 6. The number of anilines is 3. The van der Waals surface area contributed by atoms with Crippen LogP contribution in [0.15, 0.2) is 94.2 Å². The lowest BCUT2D eigenvalue weighted by atomic mass is 10.2. The van der Waals surface area contributed by atoms with Crippen LogP contribution < -0.4 is 21.3 Å². The van der Waals surface area contributed by atoms with E-state index in [9.17, 15) is 14.4 Å². The fraction of sp³-hybridized carbons (Fsp3) is 0.0800. The Morgan fingerprint density at radius 2 is 1.47 bits per heavy atom. The van der Waals surface area contributed by atoms with Gasteiger partial charge in [0, 0.05) is 22.6 Å². The number of carbonyl (C=O) groups is 3. The second-order valence-electron chi connectivity index (χ2n) is 7.25. The molecule has 4 aromatic rings. The van der Waals surface area contributed by atoms with E-state index in [1.165, 1.54) is 6.26 Å². The van der Waals surface area contributed by atoms with Gasteiger partial charge in [0.25, 0.3) is 11.8 Å². The Morgan fingerprint density at radius 3 is 2.21 bits per heavy atom. The Bertz CT molecular complexity index is 1250. The van der Waals surface area contributed by atoms with E-state index in [1.807, 2.05) is 0 Å². The van der Waals surface area contributed by atoms with Crippen LogP contribution in [0.1, 0.15) is 26.7 Å². The van der Waals surface area contributed by atoms with Crippen LogP contribution in [-0.2, 0) is 11.3 Å². The molecule has 0 fully saturated rings. The quantitative estimate of drug-likeness (QED) is 0.299. The summed E-state index contributed by atoms with van der Waals surface area (Å²) in [6.07, 6.45) is 2.97. The molecule has 0 aliphatic carbocycles. The molecule has 0 spiro atoms. The van der Waals surface area contributed by atoms with Gasteiger partial charge >= 0.3 is 0 Å². The average Bonchev–Trinajstić information content (AvgIpc) is 3.57. The van der Waals surface area contributed by atoms with Gasteiger partial charge in [-0.05, 0) is 66.7 Å². The monoisotopic (exact) mass is 458 g/mol. The van der Waals surface area contributed by atoms with Gasteiger partial charge in [-0.25, -0.2) is 0 Å². The first-order chi connectivity index (χ1) is 16.6. The minimum Gasteiger partial charge on any atom is -0.467 e. The minimum atomic E-state index is -0.363. The summed E-state index contributed by atoms with van der Waals surface area (Å²) in [5, 5.41) is 11.3. The fourth-order valence-electron chi connectivity index (χ4n) is 3.08. The van der Waals surface area contributed by atoms with Crippen molar-refractivity contribution in [2.75, 3.05) is 22.5 Å². The number of hydrogen-bond donors (Lipinski definition) is 4. The van der Waals surface area contributed by atoms with Gasteiger partial charge in [0.05, 0.1) is 25.6 Å². The standard InChI is InChI=1S/C25H22N4O5/c30-23(16-26-19-4-1-5-20(14-19)29-25(32)22-7-3-13-34-22)28-18-10-8-17(9-11-18)24(31)27-15-21-6-2-12-33-21/h1-14,26H,15-16H2,(H,27,31)(H,28,30)(H,29,32). The largest absolute Gasteiger partial charge is 0.467 e. The van der Waals surface area contributed by atoms with E-state index < -0.39 is 0 Å². The molecule has 4 N–H and O–H groups in total. The summed E-state index contributed by atoms with van der Waals surface area (Å²) in [5.41, 5.74) is 2.26. The van der Waals surface area contributed by atoms with Crippen LogP contribution >= 0.6 is 0 Å². The topological polar surface area (TPSA) is 126 Å². The highest BCUT2D eigenvalue weighted by Gasteiger charge is 2.10. The number of nitrogens with one attached hydrogen (secondary N) is 4. The number of carbonyl (C=O) groups excluding carboxylic acids is 3. The smallest absolute Gasteiger partial charge is 0.291 e. The Morgan fingerprint density at radius 1 is 0.706 bits per heavy atom. The molecule has 0 atom stereocenters. The zero-order valence-electron chi connectivity index (χ0n) is 18.0. The van der Waals surface area contributed by atoms with Crippen LogP contribution in [0, 0.1) is 0 Å². The van der Waals surface area contributed by atoms with Crippen LogP contribution in [0.2, 0.25) is 0 Å². The summed E-state index contributed by atoms with van der Waals surface area (Å²) in [5.74, 6) is 0.00179. The third-order valence-electron chi connectivity index (χ3n) is 4.75. The highest BCUT2D eigenvalue weighted by Crippen LogP contribution is 2.16. The molecule has 0 aliphatic heterocycles. The lowest BCUT2D eigenvalue weighted by Gasteiger charge is -2.10. The van der Waals surface area contributed by atoms with Crippen molar-refractivity contribution in [3.05, 3.63) is 102 Å². The van der Waals surface area contributed by atoms with Crippen LogP contribution in [0.3, 0.4) is 0 Å². The zero-order valence-corrected chi connectivity index (χ0v) is 18.0. The van der Waals surface area contributed by atoms with Crippen LogP contribution in [0.25, 0.3) is 0 Å². The molecule has 0 unspecified atom stereocenters. The Balaban J connectivity index is 1.24. The van der Waals surface area contributed by atoms with Crippen molar-refractivity contribution < 1.29 is 23.2 Å². The lowest BCUT2D eigenvalue weighted by Crippen LogP contribution is -2.23. The fourth-order valence-corrected chi connectivity index (χ4v) is 3.08. The third kappa shape index (κ3) is 6.13. The lowest BCUT2D eigenvalue weighted by molar-refractivity contribution is -0.114. The molecule has 0 bridgehead atoms. The maximum absolute atomic E-state index is 12.3.